The van der Waals surface area contributed by atoms with Crippen LogP contribution in [0.2, 0.25) is 0 Å². The average molecular weight is 269 g/mol. The second-order valence-electron chi connectivity index (χ2n) is 4.81. The molecule has 0 saturated heterocycles. The largest absolute Gasteiger partial charge is 0.346 e. The molecule has 2 heterocycles. The smallest absolute Gasteiger partial charge is 0.137 e. The Kier molecular flexibility index (Phi) is 2.56. The number of aromatic nitrogens is 2. The van der Waals surface area contributed by atoms with Gasteiger partial charge < -0.3 is 9.47 Å². The number of nitrogens with zero attached hydrogens (tertiary/aromatic N) is 2. The van der Waals surface area contributed by atoms with E-state index in [1.165, 1.54) is 10.9 Å². The SMILES string of the molecule is C[N+](C)(C)Cc1c[nH]c2ncc(Br)cc12. The Bertz CT molecular complexity index is 482. The van der Waals surface area contributed by atoms with Crippen molar-refractivity contribution in [2.45, 2.75) is 6.54 Å². The van der Waals surface area contributed by atoms with Crippen LogP contribution in [0.1, 0.15) is 5.56 Å². The van der Waals surface area contributed by atoms with Gasteiger partial charge in [-0.15, -0.1) is 0 Å². The van der Waals surface area contributed by atoms with Crippen molar-refractivity contribution in [3.8, 4) is 0 Å². The van der Waals surface area contributed by atoms with Crippen LogP contribution in [0, 0.1) is 0 Å². The molecule has 0 atom stereocenters. The van der Waals surface area contributed by atoms with Gasteiger partial charge in [-0.3, -0.25) is 0 Å². The third-order valence-electron chi connectivity index (χ3n) is 2.23. The summed E-state index contributed by atoms with van der Waals surface area (Å²) in [6, 6.07) is 2.11. The van der Waals surface area contributed by atoms with Crippen molar-refractivity contribution in [3.63, 3.8) is 0 Å². The number of hydrogen-bond donors (Lipinski definition) is 1. The number of pyridine rings is 1. The molecule has 0 aliphatic heterocycles. The molecule has 2 aromatic heterocycles. The molecule has 3 nitrogen and oxygen atoms in total. The van der Waals surface area contributed by atoms with Gasteiger partial charge in [-0.25, -0.2) is 4.98 Å². The number of halogens is 1. The molecule has 0 saturated carbocycles. The zero-order valence-corrected chi connectivity index (χ0v) is 10.8. The number of quaternary nitrogens is 1. The van der Waals surface area contributed by atoms with Gasteiger partial charge in [-0.2, -0.15) is 0 Å². The molecule has 0 radical (unpaired) electrons. The van der Waals surface area contributed by atoms with E-state index in [0.29, 0.717) is 0 Å². The van der Waals surface area contributed by atoms with Gasteiger partial charge in [0.25, 0.3) is 0 Å². The summed E-state index contributed by atoms with van der Waals surface area (Å²) in [5.74, 6) is 0. The van der Waals surface area contributed by atoms with Crippen LogP contribution in [0.3, 0.4) is 0 Å². The van der Waals surface area contributed by atoms with E-state index in [0.717, 1.165) is 21.1 Å². The van der Waals surface area contributed by atoms with Crippen molar-refractivity contribution >= 4 is 27.0 Å². The fraction of sp³-hybridized carbons (Fsp3) is 0.364. The highest BCUT2D eigenvalue weighted by atomic mass is 79.9. The first-order valence-electron chi connectivity index (χ1n) is 4.88. The van der Waals surface area contributed by atoms with Gasteiger partial charge >= 0.3 is 0 Å². The molecule has 4 heteroatoms. The van der Waals surface area contributed by atoms with Crippen LogP contribution in [0.4, 0.5) is 0 Å². The number of fused-ring (bicyclic) bond motifs is 1. The van der Waals surface area contributed by atoms with Crippen molar-refractivity contribution in [3.05, 3.63) is 28.5 Å². The molecule has 0 aliphatic rings. The molecule has 2 rings (SSSR count). The molecule has 2 aromatic rings. The summed E-state index contributed by atoms with van der Waals surface area (Å²) in [6.45, 7) is 0.998. The Labute approximate surface area is 97.8 Å². The fourth-order valence-corrected chi connectivity index (χ4v) is 2.01. The predicted molar refractivity (Wildman–Crippen MR) is 65.5 cm³/mol. The standard InChI is InChI=1S/C11H15BrN3/c1-15(2,3)7-8-5-13-11-10(8)4-9(12)6-14-11/h4-6H,7H2,1-3H3,(H,13,14)/q+1. The number of aromatic amines is 1. The summed E-state index contributed by atoms with van der Waals surface area (Å²) < 4.78 is 1.94. The van der Waals surface area contributed by atoms with Crippen LogP contribution in [0.25, 0.3) is 11.0 Å². The van der Waals surface area contributed by atoms with Crippen molar-refractivity contribution in [1.29, 1.82) is 0 Å². The Morgan fingerprint density at radius 2 is 2.13 bits per heavy atom. The van der Waals surface area contributed by atoms with E-state index in [4.69, 9.17) is 0 Å². The Hall–Kier alpha value is -0.870. The Morgan fingerprint density at radius 3 is 2.80 bits per heavy atom. The van der Waals surface area contributed by atoms with Gasteiger partial charge in [-0.1, -0.05) is 0 Å². The van der Waals surface area contributed by atoms with E-state index < -0.39 is 0 Å². The second-order valence-corrected chi connectivity index (χ2v) is 5.73. The van der Waals surface area contributed by atoms with Crippen molar-refractivity contribution < 1.29 is 4.48 Å². The van der Waals surface area contributed by atoms with Crippen LogP contribution in [0.5, 0.6) is 0 Å². The monoisotopic (exact) mass is 268 g/mol. The molecule has 0 aromatic carbocycles. The number of H-pyrrole nitrogens is 1. The van der Waals surface area contributed by atoms with Crippen LogP contribution in [0.15, 0.2) is 22.9 Å². The van der Waals surface area contributed by atoms with E-state index >= 15 is 0 Å². The van der Waals surface area contributed by atoms with Gasteiger partial charge in [0.15, 0.2) is 0 Å². The minimum atomic E-state index is 0.916. The molecule has 0 aliphatic carbocycles. The molecule has 0 fully saturated rings. The van der Waals surface area contributed by atoms with E-state index in [9.17, 15) is 0 Å². The van der Waals surface area contributed by atoms with Gasteiger partial charge in [0.1, 0.15) is 12.2 Å². The molecule has 0 amide bonds. The van der Waals surface area contributed by atoms with Crippen molar-refractivity contribution in [2.24, 2.45) is 0 Å². The lowest BCUT2D eigenvalue weighted by atomic mass is 10.2. The van der Waals surface area contributed by atoms with Gasteiger partial charge in [0.05, 0.1) is 21.1 Å². The number of rotatable bonds is 2. The molecule has 15 heavy (non-hydrogen) atoms. The quantitative estimate of drug-likeness (QED) is 0.834. The zero-order valence-electron chi connectivity index (χ0n) is 9.21. The fourth-order valence-electron chi connectivity index (χ4n) is 1.67. The van der Waals surface area contributed by atoms with E-state index in [2.05, 4.69) is 53.1 Å². The van der Waals surface area contributed by atoms with E-state index in [1.54, 1.807) is 0 Å². The summed E-state index contributed by atoms with van der Waals surface area (Å²) in [7, 11) is 6.55. The van der Waals surface area contributed by atoms with Gasteiger partial charge in [0.2, 0.25) is 0 Å². The molecule has 1 N–H and O–H groups in total. The maximum absolute atomic E-state index is 4.32. The number of nitrogens with one attached hydrogen (secondary N) is 1. The maximum Gasteiger partial charge on any atom is 0.137 e. The lowest BCUT2D eigenvalue weighted by molar-refractivity contribution is -0.883. The number of hydrogen-bond acceptors (Lipinski definition) is 1. The normalized spacial score (nSPS) is 12.3. The summed E-state index contributed by atoms with van der Waals surface area (Å²) in [4.78, 5) is 7.52. The van der Waals surface area contributed by atoms with Crippen LogP contribution in [-0.4, -0.2) is 35.6 Å². The lowest BCUT2D eigenvalue weighted by Gasteiger charge is -2.23. The minimum absolute atomic E-state index is 0.916. The Morgan fingerprint density at radius 1 is 1.40 bits per heavy atom. The molecule has 0 bridgehead atoms. The first-order valence-corrected chi connectivity index (χ1v) is 5.67. The summed E-state index contributed by atoms with van der Waals surface area (Å²) >= 11 is 3.45. The molecular formula is C11H15BrN3+. The van der Waals surface area contributed by atoms with Crippen LogP contribution in [-0.2, 0) is 6.54 Å². The molecular weight excluding hydrogens is 254 g/mol. The van der Waals surface area contributed by atoms with Crippen LogP contribution < -0.4 is 0 Å². The highest BCUT2D eigenvalue weighted by Crippen LogP contribution is 2.22. The predicted octanol–water partition coefficient (Wildman–Crippen LogP) is 2.53. The van der Waals surface area contributed by atoms with Crippen LogP contribution >= 0.6 is 15.9 Å². The average Bonchev–Trinajstić information content (AvgIpc) is 2.46. The first-order chi connectivity index (χ1) is 6.96. The summed E-state index contributed by atoms with van der Waals surface area (Å²) in [5.41, 5.74) is 2.27. The third-order valence-corrected chi connectivity index (χ3v) is 2.66. The van der Waals surface area contributed by atoms with Crippen molar-refractivity contribution in [1.82, 2.24) is 9.97 Å². The van der Waals surface area contributed by atoms with Crippen molar-refractivity contribution in [2.75, 3.05) is 21.1 Å². The zero-order chi connectivity index (χ0) is 11.1. The maximum atomic E-state index is 4.32. The third kappa shape index (κ3) is 2.38. The molecule has 0 spiro atoms. The lowest BCUT2D eigenvalue weighted by Crippen LogP contribution is -2.33. The summed E-state index contributed by atoms with van der Waals surface area (Å²) in [5, 5.41) is 1.21. The summed E-state index contributed by atoms with van der Waals surface area (Å²) in [6.07, 6.45) is 3.86. The minimum Gasteiger partial charge on any atom is -0.346 e. The molecule has 80 valence electrons. The molecule has 0 unspecified atom stereocenters. The Balaban J connectivity index is 2.48. The van der Waals surface area contributed by atoms with Gasteiger partial charge in [-0.05, 0) is 22.0 Å². The van der Waals surface area contributed by atoms with Gasteiger partial charge in [0, 0.05) is 27.8 Å². The van der Waals surface area contributed by atoms with E-state index in [-0.39, 0.29) is 0 Å². The first kappa shape index (κ1) is 10.6. The highest BCUT2D eigenvalue weighted by Gasteiger charge is 2.13. The van der Waals surface area contributed by atoms with E-state index in [1.807, 2.05) is 12.4 Å². The topological polar surface area (TPSA) is 28.7 Å². The highest BCUT2D eigenvalue weighted by molar-refractivity contribution is 9.10. The second kappa shape index (κ2) is 3.61.